The molecule has 0 spiro atoms. The molecule has 0 saturated carbocycles. The molecule has 7 nitrogen and oxygen atoms in total. The highest BCUT2D eigenvalue weighted by atomic mass is 16.6. The Kier molecular flexibility index (Phi) is 3.76. The van der Waals surface area contributed by atoms with Crippen LogP contribution in [0.15, 0.2) is 54.9 Å². The molecule has 0 aliphatic heterocycles. The molecule has 7 heteroatoms. The van der Waals surface area contributed by atoms with Crippen LogP contribution in [0.4, 0.5) is 5.69 Å². The number of carboxylic acid groups (broad SMARTS) is 1. The number of hydrogen-bond donors (Lipinski definition) is 1. The lowest BCUT2D eigenvalue weighted by Gasteiger charge is -2.31. The summed E-state index contributed by atoms with van der Waals surface area (Å²) in [5.74, 6) is -0.940. The summed E-state index contributed by atoms with van der Waals surface area (Å²) < 4.78 is 1.76. The molecule has 24 heavy (non-hydrogen) atoms. The molecule has 122 valence electrons. The number of aliphatic carboxylic acids is 1. The summed E-state index contributed by atoms with van der Waals surface area (Å²) in [6, 6.07) is 13.7. The lowest BCUT2D eigenvalue weighted by molar-refractivity contribution is -0.384. The monoisotopic (exact) mass is 325 g/mol. The predicted molar refractivity (Wildman–Crippen MR) is 87.8 cm³/mol. The van der Waals surface area contributed by atoms with Gasteiger partial charge in [0.1, 0.15) is 0 Å². The Hall–Kier alpha value is -3.22. The molecule has 1 heterocycles. The van der Waals surface area contributed by atoms with Gasteiger partial charge in [-0.15, -0.1) is 0 Å². The van der Waals surface area contributed by atoms with Crippen molar-refractivity contribution < 1.29 is 14.8 Å². The second kappa shape index (κ2) is 5.77. The van der Waals surface area contributed by atoms with E-state index in [4.69, 9.17) is 0 Å². The first-order valence-electron chi connectivity index (χ1n) is 7.31. The fourth-order valence-electron chi connectivity index (χ4n) is 2.93. The number of aromatic nitrogens is 2. The number of benzene rings is 2. The second-order valence-electron chi connectivity index (χ2n) is 5.76. The quantitative estimate of drug-likeness (QED) is 0.574. The number of nitro benzene ring substituents is 1. The van der Waals surface area contributed by atoms with Crippen molar-refractivity contribution in [3.05, 3.63) is 70.5 Å². The zero-order valence-corrected chi connectivity index (χ0v) is 12.9. The van der Waals surface area contributed by atoms with Crippen molar-refractivity contribution >= 4 is 22.7 Å². The van der Waals surface area contributed by atoms with Gasteiger partial charge >= 0.3 is 5.97 Å². The number of non-ortho nitro benzene ring substituents is 1. The van der Waals surface area contributed by atoms with E-state index < -0.39 is 16.4 Å². The van der Waals surface area contributed by atoms with Gasteiger partial charge in [0.05, 0.1) is 34.2 Å². The minimum Gasteiger partial charge on any atom is -0.481 e. The number of hydrogen-bond acceptors (Lipinski definition) is 4. The van der Waals surface area contributed by atoms with Crippen LogP contribution in [0.1, 0.15) is 18.9 Å². The fourth-order valence-corrected chi connectivity index (χ4v) is 2.93. The van der Waals surface area contributed by atoms with Crippen molar-refractivity contribution in [2.75, 3.05) is 0 Å². The normalized spacial score (nSPS) is 13.5. The number of imidazole rings is 1. The summed E-state index contributed by atoms with van der Waals surface area (Å²) in [6.07, 6.45) is 1.39. The van der Waals surface area contributed by atoms with Crippen LogP contribution in [0.5, 0.6) is 0 Å². The first kappa shape index (κ1) is 15.7. The molecule has 0 bridgehead atoms. The van der Waals surface area contributed by atoms with Gasteiger partial charge in [0.15, 0.2) is 0 Å². The van der Waals surface area contributed by atoms with Gasteiger partial charge in [0.25, 0.3) is 5.69 Å². The van der Waals surface area contributed by atoms with Gasteiger partial charge in [0.2, 0.25) is 0 Å². The van der Waals surface area contributed by atoms with Gasteiger partial charge in [-0.25, -0.2) is 4.98 Å². The molecule has 1 N–H and O–H groups in total. The molecular weight excluding hydrogens is 310 g/mol. The first-order chi connectivity index (χ1) is 11.4. The zero-order valence-electron chi connectivity index (χ0n) is 12.9. The molecule has 0 amide bonds. The van der Waals surface area contributed by atoms with E-state index >= 15 is 0 Å². The van der Waals surface area contributed by atoms with Crippen molar-refractivity contribution in [2.24, 2.45) is 0 Å². The van der Waals surface area contributed by atoms with Gasteiger partial charge in [-0.1, -0.05) is 30.3 Å². The van der Waals surface area contributed by atoms with Gasteiger partial charge in [0, 0.05) is 12.1 Å². The molecule has 0 fully saturated rings. The number of carbonyl (C=O) groups is 1. The van der Waals surface area contributed by atoms with Crippen LogP contribution in [0, 0.1) is 10.1 Å². The predicted octanol–water partition coefficient (Wildman–Crippen LogP) is 3.18. The third-order valence-corrected chi connectivity index (χ3v) is 4.16. The van der Waals surface area contributed by atoms with Crippen molar-refractivity contribution in [1.29, 1.82) is 0 Å². The first-order valence-corrected chi connectivity index (χ1v) is 7.31. The Morgan fingerprint density at radius 1 is 1.29 bits per heavy atom. The summed E-state index contributed by atoms with van der Waals surface area (Å²) in [4.78, 5) is 26.1. The van der Waals surface area contributed by atoms with Crippen molar-refractivity contribution in [2.45, 2.75) is 18.9 Å². The molecule has 3 rings (SSSR count). The molecule has 1 atom stereocenters. The standard InChI is InChI=1S/C17H15N3O4/c1-17(10-16(21)22,12-5-3-2-4-6-12)19-11-18-14-9-13(20(23)24)7-8-15(14)19/h2-9,11H,10H2,1H3,(H,21,22)/t17-/m1/s1. The number of nitro groups is 1. The van der Waals surface area contributed by atoms with Crippen LogP contribution < -0.4 is 0 Å². The zero-order chi connectivity index (χ0) is 17.3. The third-order valence-electron chi connectivity index (χ3n) is 4.16. The topological polar surface area (TPSA) is 98.3 Å². The molecule has 0 aliphatic carbocycles. The average Bonchev–Trinajstić information content (AvgIpc) is 2.98. The van der Waals surface area contributed by atoms with Crippen LogP contribution in [0.3, 0.4) is 0 Å². The van der Waals surface area contributed by atoms with E-state index in [1.807, 2.05) is 37.3 Å². The summed E-state index contributed by atoms with van der Waals surface area (Å²) in [7, 11) is 0. The van der Waals surface area contributed by atoms with E-state index in [9.17, 15) is 20.0 Å². The molecule has 0 unspecified atom stereocenters. The highest BCUT2D eigenvalue weighted by Crippen LogP contribution is 2.33. The maximum absolute atomic E-state index is 11.4. The highest BCUT2D eigenvalue weighted by molar-refractivity contribution is 5.79. The molecule has 0 radical (unpaired) electrons. The van der Waals surface area contributed by atoms with E-state index in [-0.39, 0.29) is 12.1 Å². The summed E-state index contributed by atoms with van der Waals surface area (Å²) in [5, 5.41) is 20.3. The average molecular weight is 325 g/mol. The third kappa shape index (κ3) is 2.60. The fraction of sp³-hybridized carbons (Fsp3) is 0.176. The lowest BCUT2D eigenvalue weighted by atomic mass is 9.88. The van der Waals surface area contributed by atoms with Gasteiger partial charge in [-0.3, -0.25) is 14.9 Å². The van der Waals surface area contributed by atoms with Crippen molar-refractivity contribution in [1.82, 2.24) is 9.55 Å². The minimum absolute atomic E-state index is 0.0487. The van der Waals surface area contributed by atoms with Crippen LogP contribution in [0.25, 0.3) is 11.0 Å². The molecule has 0 aliphatic rings. The lowest BCUT2D eigenvalue weighted by Crippen LogP contribution is -2.33. The summed E-state index contributed by atoms with van der Waals surface area (Å²) >= 11 is 0. The van der Waals surface area contributed by atoms with Crippen LogP contribution in [-0.4, -0.2) is 25.6 Å². The molecule has 0 saturated heterocycles. The van der Waals surface area contributed by atoms with Gasteiger partial charge in [-0.05, 0) is 18.6 Å². The van der Waals surface area contributed by atoms with E-state index in [1.54, 1.807) is 10.6 Å². The van der Waals surface area contributed by atoms with Crippen molar-refractivity contribution in [3.8, 4) is 0 Å². The minimum atomic E-state index is -0.940. The number of fused-ring (bicyclic) bond motifs is 1. The summed E-state index contributed by atoms with van der Waals surface area (Å²) in [5.41, 5.74) is 1.01. The van der Waals surface area contributed by atoms with Crippen LogP contribution in [0.2, 0.25) is 0 Å². The smallest absolute Gasteiger partial charge is 0.306 e. The van der Waals surface area contributed by atoms with Crippen LogP contribution >= 0.6 is 0 Å². The number of nitrogens with zero attached hydrogens (tertiary/aromatic N) is 3. The maximum atomic E-state index is 11.4. The maximum Gasteiger partial charge on any atom is 0.306 e. The SMILES string of the molecule is C[C@@](CC(=O)O)(c1ccccc1)n1cnc2cc([N+](=O)[O-])ccc21. The Balaban J connectivity index is 2.20. The molecule has 1 aromatic heterocycles. The Morgan fingerprint density at radius 3 is 2.62 bits per heavy atom. The highest BCUT2D eigenvalue weighted by Gasteiger charge is 2.33. The molecule has 2 aromatic carbocycles. The Morgan fingerprint density at radius 2 is 2.00 bits per heavy atom. The Bertz CT molecular complexity index is 920. The number of rotatable bonds is 5. The number of carboxylic acids is 1. The van der Waals surface area contributed by atoms with Crippen molar-refractivity contribution in [3.63, 3.8) is 0 Å². The van der Waals surface area contributed by atoms with Gasteiger partial charge < -0.3 is 9.67 Å². The van der Waals surface area contributed by atoms with E-state index in [1.165, 1.54) is 18.5 Å². The summed E-state index contributed by atoms with van der Waals surface area (Å²) in [6.45, 7) is 1.82. The Labute approximate surface area is 137 Å². The van der Waals surface area contributed by atoms with Gasteiger partial charge in [-0.2, -0.15) is 0 Å². The second-order valence-corrected chi connectivity index (χ2v) is 5.76. The van der Waals surface area contributed by atoms with E-state index in [2.05, 4.69) is 4.98 Å². The molecular formula is C17H15N3O4. The van der Waals surface area contributed by atoms with E-state index in [0.717, 1.165) is 5.56 Å². The van der Waals surface area contributed by atoms with Crippen LogP contribution in [-0.2, 0) is 10.3 Å². The largest absolute Gasteiger partial charge is 0.481 e. The molecule has 3 aromatic rings. The van der Waals surface area contributed by atoms with E-state index in [0.29, 0.717) is 11.0 Å².